The molecule has 2 aromatic carbocycles. The van der Waals surface area contributed by atoms with Crippen LogP contribution in [0.2, 0.25) is 0 Å². The van der Waals surface area contributed by atoms with Gasteiger partial charge in [-0.1, -0.05) is 23.8 Å². The highest BCUT2D eigenvalue weighted by atomic mass is 16.7. The number of nitrogens with zero attached hydrogens (tertiary/aromatic N) is 4. The normalized spacial score (nSPS) is 21.1. The first-order valence-electron chi connectivity index (χ1n) is 14.3. The van der Waals surface area contributed by atoms with E-state index in [-0.39, 0.29) is 0 Å². The molecule has 1 spiro atoms. The zero-order chi connectivity index (χ0) is 26.2. The number of piperidine rings is 1. The van der Waals surface area contributed by atoms with E-state index in [1.807, 2.05) is 36.7 Å². The van der Waals surface area contributed by atoms with Gasteiger partial charge in [0.1, 0.15) is 11.3 Å². The first kappa shape index (κ1) is 25.7. The molecular weight excluding hydrogens is 478 g/mol. The number of aromatic nitrogens is 3. The maximum Gasteiger partial charge on any atom is 0.205 e. The molecule has 8 heteroatoms. The second-order valence-electron chi connectivity index (χ2n) is 12.0. The summed E-state index contributed by atoms with van der Waals surface area (Å²) in [5.74, 6) is 0.202. The molecule has 3 aliphatic rings. The van der Waals surface area contributed by atoms with Gasteiger partial charge in [-0.2, -0.15) is 0 Å². The van der Waals surface area contributed by atoms with Gasteiger partial charge in [-0.3, -0.25) is 0 Å². The fraction of sp³-hybridized carbons (Fsp3) is 0.600. The molecular formula is C30H41N5O3. The second-order valence-corrected chi connectivity index (χ2v) is 12.0. The highest BCUT2D eigenvalue weighted by molar-refractivity contribution is 5.75. The Morgan fingerprint density at radius 1 is 1.05 bits per heavy atom. The summed E-state index contributed by atoms with van der Waals surface area (Å²) in [7, 11) is 0. The molecule has 3 aromatic rings. The van der Waals surface area contributed by atoms with Crippen molar-refractivity contribution in [2.75, 3.05) is 26.2 Å². The maximum absolute atomic E-state index is 10.7. The number of hydrogen-bond donors (Lipinski definition) is 2. The number of rotatable bonds is 9. The standard InChI is InChI=1S/C30H41N5O3/c1-29(2)37-21-24-18-23(6-8-28(24)38-29)27(36)20-31-19-22-5-7-26-25(17-22)32-33-35(26)14-4-13-34-15-11-30(12-16-34)9-3-10-30/h5-8,17-18,27,31,36H,3-4,9-16,19-21H2,1-2H3/t27-/m0/s1. The van der Waals surface area contributed by atoms with Gasteiger partial charge in [-0.25, -0.2) is 4.68 Å². The summed E-state index contributed by atoms with van der Waals surface area (Å²) in [6.45, 7) is 9.96. The average Bonchev–Trinajstić information content (AvgIpc) is 3.29. The van der Waals surface area contributed by atoms with Crippen LogP contribution in [0.15, 0.2) is 36.4 Å². The van der Waals surface area contributed by atoms with Gasteiger partial charge in [0.25, 0.3) is 0 Å². The topological polar surface area (TPSA) is 84.7 Å². The molecule has 6 rings (SSSR count). The van der Waals surface area contributed by atoms with E-state index in [1.54, 1.807) is 0 Å². The van der Waals surface area contributed by atoms with Gasteiger partial charge in [-0.15, -0.1) is 5.10 Å². The Morgan fingerprint density at radius 2 is 1.89 bits per heavy atom. The summed E-state index contributed by atoms with van der Waals surface area (Å²) in [5.41, 5.74) is 5.67. The summed E-state index contributed by atoms with van der Waals surface area (Å²) < 4.78 is 13.6. The van der Waals surface area contributed by atoms with E-state index in [4.69, 9.17) is 9.47 Å². The Balaban J connectivity index is 0.968. The first-order chi connectivity index (χ1) is 18.4. The molecule has 1 saturated carbocycles. The number of aliphatic hydroxyl groups excluding tert-OH is 1. The second kappa shape index (κ2) is 10.6. The highest BCUT2D eigenvalue weighted by Crippen LogP contribution is 2.48. The average molecular weight is 520 g/mol. The maximum atomic E-state index is 10.7. The minimum absolute atomic E-state index is 0.453. The van der Waals surface area contributed by atoms with Crippen LogP contribution >= 0.6 is 0 Å². The third-order valence-corrected chi connectivity index (χ3v) is 8.82. The van der Waals surface area contributed by atoms with Crippen LogP contribution in [0.5, 0.6) is 5.75 Å². The van der Waals surface area contributed by atoms with Crippen LogP contribution in [-0.4, -0.2) is 57.0 Å². The van der Waals surface area contributed by atoms with E-state index in [2.05, 4.69) is 38.7 Å². The van der Waals surface area contributed by atoms with Crippen molar-refractivity contribution in [3.05, 3.63) is 53.1 Å². The Labute approximate surface area is 225 Å². The Hall–Kier alpha value is -2.52. The molecule has 2 N–H and O–H groups in total. The lowest BCUT2D eigenvalue weighted by Crippen LogP contribution is -2.43. The van der Waals surface area contributed by atoms with Crippen molar-refractivity contribution < 1.29 is 14.6 Å². The smallest absolute Gasteiger partial charge is 0.205 e. The molecule has 2 aliphatic heterocycles. The van der Waals surface area contributed by atoms with Crippen LogP contribution in [0.1, 0.15) is 75.2 Å². The van der Waals surface area contributed by atoms with E-state index < -0.39 is 11.9 Å². The Kier molecular flexibility index (Phi) is 7.16. The minimum atomic E-state index is -0.618. The first-order valence-corrected chi connectivity index (χ1v) is 14.3. The summed E-state index contributed by atoms with van der Waals surface area (Å²) in [6.07, 6.45) is 7.64. The summed E-state index contributed by atoms with van der Waals surface area (Å²) in [4.78, 5) is 2.63. The van der Waals surface area contributed by atoms with E-state index in [9.17, 15) is 5.11 Å². The number of aryl methyl sites for hydroxylation is 1. The molecule has 0 bridgehead atoms. The van der Waals surface area contributed by atoms with Gasteiger partial charge < -0.3 is 24.8 Å². The van der Waals surface area contributed by atoms with Crippen molar-refractivity contribution >= 4 is 11.0 Å². The lowest BCUT2D eigenvalue weighted by Gasteiger charge is -2.48. The van der Waals surface area contributed by atoms with Crippen LogP contribution in [0.3, 0.4) is 0 Å². The molecule has 0 radical (unpaired) electrons. The number of aliphatic hydroxyl groups is 1. The fourth-order valence-corrected chi connectivity index (χ4v) is 6.20. The molecule has 38 heavy (non-hydrogen) atoms. The third-order valence-electron chi connectivity index (χ3n) is 8.82. The Bertz CT molecular complexity index is 1260. The van der Waals surface area contributed by atoms with Crippen molar-refractivity contribution in [2.24, 2.45) is 5.41 Å². The predicted molar refractivity (Wildman–Crippen MR) is 147 cm³/mol. The van der Waals surface area contributed by atoms with Crippen LogP contribution in [0, 0.1) is 5.41 Å². The zero-order valence-electron chi connectivity index (χ0n) is 22.8. The minimum Gasteiger partial charge on any atom is -0.463 e. The van der Waals surface area contributed by atoms with Crippen LogP contribution in [-0.2, 0) is 24.4 Å². The van der Waals surface area contributed by atoms with E-state index in [1.165, 1.54) is 45.2 Å². The van der Waals surface area contributed by atoms with Crippen molar-refractivity contribution in [1.82, 2.24) is 25.2 Å². The molecule has 204 valence electrons. The van der Waals surface area contributed by atoms with Crippen molar-refractivity contribution in [3.63, 3.8) is 0 Å². The zero-order valence-corrected chi connectivity index (χ0v) is 22.8. The molecule has 1 aromatic heterocycles. The third kappa shape index (κ3) is 5.59. The number of hydrogen-bond acceptors (Lipinski definition) is 7. The van der Waals surface area contributed by atoms with Gasteiger partial charge in [0.05, 0.1) is 18.2 Å². The molecule has 1 saturated heterocycles. The lowest BCUT2D eigenvalue weighted by atomic mass is 9.63. The van der Waals surface area contributed by atoms with Crippen LogP contribution < -0.4 is 10.1 Å². The van der Waals surface area contributed by atoms with Gasteiger partial charge in [0.15, 0.2) is 0 Å². The van der Waals surface area contributed by atoms with Gasteiger partial charge >= 0.3 is 0 Å². The molecule has 1 aliphatic carbocycles. The molecule has 2 fully saturated rings. The molecule has 3 heterocycles. The quantitative estimate of drug-likeness (QED) is 0.429. The molecule has 1 atom stereocenters. The van der Waals surface area contributed by atoms with E-state index in [0.717, 1.165) is 53.0 Å². The number of fused-ring (bicyclic) bond motifs is 2. The monoisotopic (exact) mass is 519 g/mol. The lowest BCUT2D eigenvalue weighted by molar-refractivity contribution is -0.180. The largest absolute Gasteiger partial charge is 0.463 e. The van der Waals surface area contributed by atoms with E-state index >= 15 is 0 Å². The number of nitrogens with one attached hydrogen (secondary N) is 1. The van der Waals surface area contributed by atoms with E-state index in [0.29, 0.717) is 25.1 Å². The van der Waals surface area contributed by atoms with Crippen LogP contribution in [0.25, 0.3) is 11.0 Å². The molecule has 0 amide bonds. The number of benzene rings is 2. The van der Waals surface area contributed by atoms with Crippen molar-refractivity contribution in [3.8, 4) is 5.75 Å². The number of likely N-dealkylation sites (tertiary alicyclic amines) is 1. The van der Waals surface area contributed by atoms with Crippen molar-refractivity contribution in [1.29, 1.82) is 0 Å². The van der Waals surface area contributed by atoms with Gasteiger partial charge in [0, 0.05) is 39.0 Å². The SMILES string of the molecule is CC1(C)OCc2cc([C@@H](O)CNCc3ccc4c(c3)nnn4CCCN3CCC4(CCC4)CC3)ccc2O1. The summed E-state index contributed by atoms with van der Waals surface area (Å²) in [5, 5.41) is 22.9. The van der Waals surface area contributed by atoms with Gasteiger partial charge in [0.2, 0.25) is 5.79 Å². The van der Waals surface area contributed by atoms with Gasteiger partial charge in [-0.05, 0) is 92.5 Å². The molecule has 0 unspecified atom stereocenters. The summed E-state index contributed by atoms with van der Waals surface area (Å²) in [6, 6.07) is 12.2. The fourth-order valence-electron chi connectivity index (χ4n) is 6.20. The van der Waals surface area contributed by atoms with Crippen LogP contribution in [0.4, 0.5) is 0 Å². The van der Waals surface area contributed by atoms with Crippen molar-refractivity contribution in [2.45, 2.75) is 84.0 Å². The highest BCUT2D eigenvalue weighted by Gasteiger charge is 2.39. The number of ether oxygens (including phenoxy) is 2. The summed E-state index contributed by atoms with van der Waals surface area (Å²) >= 11 is 0. The predicted octanol–water partition coefficient (Wildman–Crippen LogP) is 4.56. The Morgan fingerprint density at radius 3 is 2.68 bits per heavy atom. The molecule has 8 nitrogen and oxygen atoms in total.